The fourth-order valence-electron chi connectivity index (χ4n) is 0.571. The van der Waals surface area contributed by atoms with Crippen LogP contribution in [0.15, 0.2) is 12.3 Å². The van der Waals surface area contributed by atoms with Crippen LogP contribution in [-0.4, -0.2) is 22.0 Å². The SMILES string of the molecule is CC(C)(C)N/C=C/C(=O)C(C)(C)O. The number of nitrogens with one attached hydrogen (secondary N) is 1. The minimum absolute atomic E-state index is 0.0591. The van der Waals surface area contributed by atoms with Gasteiger partial charge in [0.25, 0.3) is 0 Å². The number of hydrogen-bond donors (Lipinski definition) is 2. The predicted molar refractivity (Wildman–Crippen MR) is 53.3 cm³/mol. The van der Waals surface area contributed by atoms with Gasteiger partial charge in [-0.15, -0.1) is 0 Å². The molecule has 0 aliphatic heterocycles. The van der Waals surface area contributed by atoms with Crippen molar-refractivity contribution in [3.05, 3.63) is 12.3 Å². The first-order valence-electron chi connectivity index (χ1n) is 4.34. The molecule has 0 radical (unpaired) electrons. The molecule has 0 aromatic heterocycles. The zero-order chi connectivity index (χ0) is 10.7. The molecule has 13 heavy (non-hydrogen) atoms. The van der Waals surface area contributed by atoms with E-state index in [0.717, 1.165) is 0 Å². The van der Waals surface area contributed by atoms with Gasteiger partial charge in [-0.3, -0.25) is 4.79 Å². The molecule has 0 aromatic carbocycles. The smallest absolute Gasteiger partial charge is 0.188 e. The summed E-state index contributed by atoms with van der Waals surface area (Å²) in [5.41, 5.74) is -1.34. The fraction of sp³-hybridized carbons (Fsp3) is 0.700. The Balaban J connectivity index is 4.09. The minimum Gasteiger partial charge on any atom is -0.386 e. The maximum absolute atomic E-state index is 11.2. The number of rotatable bonds is 3. The van der Waals surface area contributed by atoms with Crippen molar-refractivity contribution in [3.8, 4) is 0 Å². The monoisotopic (exact) mass is 185 g/mol. The molecule has 0 aliphatic carbocycles. The minimum atomic E-state index is -1.28. The zero-order valence-electron chi connectivity index (χ0n) is 9.01. The summed E-state index contributed by atoms with van der Waals surface area (Å²) < 4.78 is 0. The first-order valence-corrected chi connectivity index (χ1v) is 4.34. The molecule has 0 atom stereocenters. The van der Waals surface area contributed by atoms with Gasteiger partial charge < -0.3 is 10.4 Å². The Morgan fingerprint density at radius 2 is 1.69 bits per heavy atom. The summed E-state index contributed by atoms with van der Waals surface area (Å²) in [5, 5.41) is 12.3. The number of aliphatic hydroxyl groups is 1. The zero-order valence-corrected chi connectivity index (χ0v) is 9.01. The molecule has 3 heteroatoms. The second kappa shape index (κ2) is 3.92. The largest absolute Gasteiger partial charge is 0.386 e. The molecule has 0 aliphatic rings. The number of ketones is 1. The standard InChI is InChI=1S/C10H19NO2/c1-9(2,3)11-7-6-8(12)10(4,5)13/h6-7,11,13H,1-5H3/b7-6+. The third-order valence-corrected chi connectivity index (χ3v) is 1.35. The van der Waals surface area contributed by atoms with Gasteiger partial charge in [-0.25, -0.2) is 0 Å². The molecular formula is C10H19NO2. The second-order valence-electron chi connectivity index (χ2n) is 4.65. The molecule has 2 N–H and O–H groups in total. The average molecular weight is 185 g/mol. The highest BCUT2D eigenvalue weighted by molar-refractivity contribution is 5.95. The molecule has 0 saturated carbocycles. The summed E-state index contributed by atoms with van der Waals surface area (Å²) in [5.74, 6) is -0.302. The molecule has 0 heterocycles. The maximum Gasteiger partial charge on any atom is 0.188 e. The van der Waals surface area contributed by atoms with Crippen LogP contribution in [0, 0.1) is 0 Å². The number of carbonyl (C=O) groups is 1. The van der Waals surface area contributed by atoms with Crippen molar-refractivity contribution in [3.63, 3.8) is 0 Å². The molecule has 76 valence electrons. The van der Waals surface area contributed by atoms with Crippen LogP contribution in [0.5, 0.6) is 0 Å². The molecule has 0 fully saturated rings. The van der Waals surface area contributed by atoms with Gasteiger partial charge in [0.1, 0.15) is 5.60 Å². The maximum atomic E-state index is 11.2. The Bertz CT molecular complexity index is 206. The van der Waals surface area contributed by atoms with E-state index in [-0.39, 0.29) is 11.3 Å². The van der Waals surface area contributed by atoms with Gasteiger partial charge >= 0.3 is 0 Å². The number of hydrogen-bond acceptors (Lipinski definition) is 3. The summed E-state index contributed by atoms with van der Waals surface area (Å²) in [6, 6.07) is 0. The van der Waals surface area contributed by atoms with E-state index >= 15 is 0 Å². The summed E-state index contributed by atoms with van der Waals surface area (Å²) in [4.78, 5) is 11.2. The number of carbonyl (C=O) groups excluding carboxylic acids is 1. The Hall–Kier alpha value is -0.830. The lowest BCUT2D eigenvalue weighted by atomic mass is 10.0. The van der Waals surface area contributed by atoms with Gasteiger partial charge in [0.05, 0.1) is 0 Å². The van der Waals surface area contributed by atoms with Crippen LogP contribution in [0.3, 0.4) is 0 Å². The van der Waals surface area contributed by atoms with E-state index < -0.39 is 5.60 Å². The van der Waals surface area contributed by atoms with Crippen molar-refractivity contribution in [2.45, 2.75) is 45.8 Å². The van der Waals surface area contributed by atoms with E-state index in [2.05, 4.69) is 5.32 Å². The molecule has 0 unspecified atom stereocenters. The molecular weight excluding hydrogens is 166 g/mol. The van der Waals surface area contributed by atoms with Gasteiger partial charge in [-0.2, -0.15) is 0 Å². The van der Waals surface area contributed by atoms with Crippen molar-refractivity contribution in [1.82, 2.24) is 5.32 Å². The highest BCUT2D eigenvalue weighted by Gasteiger charge is 2.20. The van der Waals surface area contributed by atoms with Crippen LogP contribution < -0.4 is 5.32 Å². The summed E-state index contributed by atoms with van der Waals surface area (Å²) in [6.45, 7) is 8.91. The molecule has 3 nitrogen and oxygen atoms in total. The lowest BCUT2D eigenvalue weighted by Gasteiger charge is -2.19. The Morgan fingerprint density at radius 3 is 2.00 bits per heavy atom. The summed E-state index contributed by atoms with van der Waals surface area (Å²) in [6.07, 6.45) is 2.92. The fourth-order valence-corrected chi connectivity index (χ4v) is 0.571. The van der Waals surface area contributed by atoms with Gasteiger partial charge in [0, 0.05) is 11.7 Å². The van der Waals surface area contributed by atoms with E-state index in [1.807, 2.05) is 20.8 Å². The predicted octanol–water partition coefficient (Wildman–Crippen LogP) is 1.23. The van der Waals surface area contributed by atoms with Crippen molar-refractivity contribution >= 4 is 5.78 Å². The van der Waals surface area contributed by atoms with E-state index in [1.165, 1.54) is 19.9 Å². The van der Waals surface area contributed by atoms with Gasteiger partial charge in [0.2, 0.25) is 0 Å². The lowest BCUT2D eigenvalue weighted by Crippen LogP contribution is -2.33. The van der Waals surface area contributed by atoms with E-state index in [4.69, 9.17) is 0 Å². The Labute approximate surface area is 79.8 Å². The normalized spacial score (nSPS) is 13.4. The Morgan fingerprint density at radius 1 is 1.23 bits per heavy atom. The van der Waals surface area contributed by atoms with Gasteiger partial charge in [-0.1, -0.05) is 0 Å². The van der Waals surface area contributed by atoms with Crippen LogP contribution in [0.25, 0.3) is 0 Å². The quantitative estimate of drug-likeness (QED) is 0.650. The van der Waals surface area contributed by atoms with Crippen LogP contribution in [0.4, 0.5) is 0 Å². The summed E-state index contributed by atoms with van der Waals surface area (Å²) >= 11 is 0. The second-order valence-corrected chi connectivity index (χ2v) is 4.65. The average Bonchev–Trinajstić information content (AvgIpc) is 1.82. The van der Waals surface area contributed by atoms with E-state index in [0.29, 0.717) is 0 Å². The van der Waals surface area contributed by atoms with E-state index in [1.54, 1.807) is 6.20 Å². The Kier molecular flexibility index (Phi) is 3.67. The van der Waals surface area contributed by atoms with Gasteiger partial charge in [-0.05, 0) is 40.7 Å². The van der Waals surface area contributed by atoms with Crippen LogP contribution >= 0.6 is 0 Å². The van der Waals surface area contributed by atoms with Crippen molar-refractivity contribution < 1.29 is 9.90 Å². The first kappa shape index (κ1) is 12.2. The topological polar surface area (TPSA) is 49.3 Å². The van der Waals surface area contributed by atoms with E-state index in [9.17, 15) is 9.90 Å². The highest BCUT2D eigenvalue weighted by Crippen LogP contribution is 2.04. The molecule has 0 rings (SSSR count). The van der Waals surface area contributed by atoms with Crippen LogP contribution in [-0.2, 0) is 4.79 Å². The first-order chi connectivity index (χ1) is 5.63. The summed E-state index contributed by atoms with van der Waals surface area (Å²) in [7, 11) is 0. The highest BCUT2D eigenvalue weighted by atomic mass is 16.3. The van der Waals surface area contributed by atoms with Crippen molar-refractivity contribution in [1.29, 1.82) is 0 Å². The third kappa shape index (κ3) is 6.34. The van der Waals surface area contributed by atoms with Crippen LogP contribution in [0.2, 0.25) is 0 Å². The molecule has 0 saturated heterocycles. The van der Waals surface area contributed by atoms with Gasteiger partial charge in [0.15, 0.2) is 5.78 Å². The molecule has 0 spiro atoms. The lowest BCUT2D eigenvalue weighted by molar-refractivity contribution is -0.128. The van der Waals surface area contributed by atoms with Crippen molar-refractivity contribution in [2.75, 3.05) is 0 Å². The molecule has 0 aromatic rings. The van der Waals surface area contributed by atoms with Crippen molar-refractivity contribution in [2.24, 2.45) is 0 Å². The molecule has 0 amide bonds. The molecule has 0 bridgehead atoms. The third-order valence-electron chi connectivity index (χ3n) is 1.35. The van der Waals surface area contributed by atoms with Crippen LogP contribution in [0.1, 0.15) is 34.6 Å².